The average molecular weight is 286 g/mol. The van der Waals surface area contributed by atoms with Crippen molar-refractivity contribution in [2.24, 2.45) is 0 Å². The molecule has 0 aliphatic heterocycles. The van der Waals surface area contributed by atoms with Crippen molar-refractivity contribution < 1.29 is 13.2 Å². The molecule has 0 heterocycles. The van der Waals surface area contributed by atoms with Gasteiger partial charge in [0, 0.05) is 19.7 Å². The molecule has 0 amide bonds. The summed E-state index contributed by atoms with van der Waals surface area (Å²) in [6.45, 7) is 5.49. The fourth-order valence-corrected chi connectivity index (χ4v) is 2.80. The van der Waals surface area contributed by atoms with E-state index in [0.29, 0.717) is 6.61 Å². The van der Waals surface area contributed by atoms with Gasteiger partial charge >= 0.3 is 0 Å². The molecule has 1 atom stereocenters. The quantitative estimate of drug-likeness (QED) is 0.707. The van der Waals surface area contributed by atoms with Crippen molar-refractivity contribution in [1.82, 2.24) is 10.0 Å². The third-order valence-corrected chi connectivity index (χ3v) is 4.24. The van der Waals surface area contributed by atoms with Crippen LogP contribution in [-0.2, 0) is 14.8 Å². The first-order valence-corrected chi connectivity index (χ1v) is 7.81. The van der Waals surface area contributed by atoms with Crippen molar-refractivity contribution in [3.8, 4) is 0 Å². The van der Waals surface area contributed by atoms with Gasteiger partial charge in [-0.2, -0.15) is 0 Å². The van der Waals surface area contributed by atoms with Crippen molar-refractivity contribution in [3.63, 3.8) is 0 Å². The molecule has 19 heavy (non-hydrogen) atoms. The molecule has 0 bridgehead atoms. The molecule has 0 saturated carbocycles. The summed E-state index contributed by atoms with van der Waals surface area (Å²) in [6, 6.07) is 7.09. The molecule has 0 spiro atoms. The molecule has 0 aliphatic carbocycles. The van der Waals surface area contributed by atoms with Crippen LogP contribution in [0.15, 0.2) is 29.2 Å². The van der Waals surface area contributed by atoms with Crippen molar-refractivity contribution in [3.05, 3.63) is 29.8 Å². The molecule has 1 rings (SSSR count). The predicted octanol–water partition coefficient (Wildman–Crippen LogP) is 1.28. The van der Waals surface area contributed by atoms with E-state index in [0.717, 1.165) is 12.1 Å². The Balaban J connectivity index is 2.86. The summed E-state index contributed by atoms with van der Waals surface area (Å²) in [4.78, 5) is 0.283. The van der Waals surface area contributed by atoms with E-state index in [1.54, 1.807) is 18.2 Å². The van der Waals surface area contributed by atoms with Gasteiger partial charge in [0.05, 0.1) is 11.5 Å². The van der Waals surface area contributed by atoms with E-state index in [-0.39, 0.29) is 17.5 Å². The summed E-state index contributed by atoms with van der Waals surface area (Å²) in [5.74, 6) is 0. The molecule has 0 aromatic heterocycles. The number of hydrogen-bond acceptors (Lipinski definition) is 4. The Bertz CT molecular complexity index is 488. The maximum absolute atomic E-state index is 12.1. The van der Waals surface area contributed by atoms with Gasteiger partial charge in [-0.05, 0) is 31.2 Å². The van der Waals surface area contributed by atoms with E-state index < -0.39 is 10.0 Å². The minimum absolute atomic E-state index is 0.124. The second kappa shape index (κ2) is 7.59. The van der Waals surface area contributed by atoms with Gasteiger partial charge in [0.1, 0.15) is 0 Å². The van der Waals surface area contributed by atoms with Crippen molar-refractivity contribution in [2.75, 3.05) is 26.8 Å². The smallest absolute Gasteiger partial charge is 0.240 e. The van der Waals surface area contributed by atoms with Gasteiger partial charge in [0.15, 0.2) is 0 Å². The summed E-state index contributed by atoms with van der Waals surface area (Å²) in [5.41, 5.74) is 0.955. The second-order valence-electron chi connectivity index (χ2n) is 4.24. The molecular weight excluding hydrogens is 264 g/mol. The standard InChI is InChI=1S/C13H22N2O3S/c1-4-14-11(2)12-6-5-7-13(10-12)19(16,17)15-8-9-18-3/h5-7,10-11,14-15H,4,8-9H2,1-3H3. The van der Waals surface area contributed by atoms with E-state index in [4.69, 9.17) is 4.74 Å². The Morgan fingerprint density at radius 1 is 1.37 bits per heavy atom. The lowest BCUT2D eigenvalue weighted by Crippen LogP contribution is -2.27. The van der Waals surface area contributed by atoms with E-state index in [9.17, 15) is 8.42 Å². The van der Waals surface area contributed by atoms with Crippen LogP contribution in [0, 0.1) is 0 Å². The van der Waals surface area contributed by atoms with Crippen LogP contribution >= 0.6 is 0 Å². The number of rotatable bonds is 8. The summed E-state index contributed by atoms with van der Waals surface area (Å²) in [7, 11) is -1.93. The van der Waals surface area contributed by atoms with Crippen LogP contribution in [0.3, 0.4) is 0 Å². The highest BCUT2D eigenvalue weighted by Gasteiger charge is 2.14. The molecule has 0 aliphatic rings. The topological polar surface area (TPSA) is 67.4 Å². The number of nitrogens with one attached hydrogen (secondary N) is 2. The van der Waals surface area contributed by atoms with E-state index in [2.05, 4.69) is 10.0 Å². The molecule has 6 heteroatoms. The van der Waals surface area contributed by atoms with E-state index in [1.807, 2.05) is 19.9 Å². The van der Waals surface area contributed by atoms with Gasteiger partial charge in [-0.15, -0.1) is 0 Å². The zero-order valence-electron chi connectivity index (χ0n) is 11.6. The van der Waals surface area contributed by atoms with Gasteiger partial charge < -0.3 is 10.1 Å². The van der Waals surface area contributed by atoms with E-state index in [1.165, 1.54) is 7.11 Å². The number of methoxy groups -OCH3 is 1. The highest BCUT2D eigenvalue weighted by atomic mass is 32.2. The summed E-state index contributed by atoms with van der Waals surface area (Å²) < 4.78 is 31.4. The molecule has 2 N–H and O–H groups in total. The van der Waals surface area contributed by atoms with Crippen LogP contribution in [0.1, 0.15) is 25.5 Å². The largest absolute Gasteiger partial charge is 0.383 e. The third-order valence-electron chi connectivity index (χ3n) is 2.78. The van der Waals surface area contributed by atoms with Crippen LogP contribution in [-0.4, -0.2) is 35.2 Å². The Hall–Kier alpha value is -0.950. The SMILES string of the molecule is CCNC(C)c1cccc(S(=O)(=O)NCCOC)c1. The molecule has 0 saturated heterocycles. The maximum atomic E-state index is 12.1. The van der Waals surface area contributed by atoms with Crippen molar-refractivity contribution in [2.45, 2.75) is 24.8 Å². The summed E-state index contributed by atoms with van der Waals surface area (Å²) >= 11 is 0. The zero-order valence-corrected chi connectivity index (χ0v) is 12.5. The molecule has 1 aromatic carbocycles. The summed E-state index contributed by atoms with van der Waals surface area (Å²) in [5, 5.41) is 3.26. The first kappa shape index (κ1) is 16.1. The minimum atomic E-state index is -3.46. The van der Waals surface area contributed by atoms with Crippen molar-refractivity contribution in [1.29, 1.82) is 0 Å². The Labute approximate surface area is 115 Å². The van der Waals surface area contributed by atoms with Crippen LogP contribution < -0.4 is 10.0 Å². The number of benzene rings is 1. The Morgan fingerprint density at radius 2 is 2.11 bits per heavy atom. The fraction of sp³-hybridized carbons (Fsp3) is 0.538. The number of hydrogen-bond donors (Lipinski definition) is 2. The number of ether oxygens (including phenoxy) is 1. The molecule has 0 fully saturated rings. The highest BCUT2D eigenvalue weighted by molar-refractivity contribution is 7.89. The lowest BCUT2D eigenvalue weighted by molar-refractivity contribution is 0.204. The van der Waals surface area contributed by atoms with Gasteiger partial charge in [0.2, 0.25) is 10.0 Å². The predicted molar refractivity (Wildman–Crippen MR) is 75.6 cm³/mol. The molecule has 5 nitrogen and oxygen atoms in total. The monoisotopic (exact) mass is 286 g/mol. The lowest BCUT2D eigenvalue weighted by Gasteiger charge is -2.14. The maximum Gasteiger partial charge on any atom is 0.240 e. The van der Waals surface area contributed by atoms with Crippen LogP contribution in [0.25, 0.3) is 0 Å². The number of sulfonamides is 1. The second-order valence-corrected chi connectivity index (χ2v) is 6.01. The summed E-state index contributed by atoms with van der Waals surface area (Å²) in [6.07, 6.45) is 0. The fourth-order valence-electron chi connectivity index (χ4n) is 1.74. The molecule has 108 valence electrons. The van der Waals surface area contributed by atoms with Gasteiger partial charge in [0.25, 0.3) is 0 Å². The molecule has 0 radical (unpaired) electrons. The van der Waals surface area contributed by atoms with Crippen LogP contribution in [0.4, 0.5) is 0 Å². The van der Waals surface area contributed by atoms with E-state index >= 15 is 0 Å². The van der Waals surface area contributed by atoms with Gasteiger partial charge in [-0.1, -0.05) is 19.1 Å². The average Bonchev–Trinajstić information content (AvgIpc) is 2.39. The van der Waals surface area contributed by atoms with Crippen LogP contribution in [0.2, 0.25) is 0 Å². The highest BCUT2D eigenvalue weighted by Crippen LogP contribution is 2.17. The molecular formula is C13H22N2O3S. The molecule has 1 aromatic rings. The molecule has 1 unspecified atom stereocenters. The lowest BCUT2D eigenvalue weighted by atomic mass is 10.1. The Morgan fingerprint density at radius 3 is 2.74 bits per heavy atom. The van der Waals surface area contributed by atoms with Gasteiger partial charge in [-0.25, -0.2) is 13.1 Å². The zero-order chi connectivity index (χ0) is 14.3. The third kappa shape index (κ3) is 4.91. The Kier molecular flexibility index (Phi) is 6.44. The van der Waals surface area contributed by atoms with Gasteiger partial charge in [-0.3, -0.25) is 0 Å². The minimum Gasteiger partial charge on any atom is -0.383 e. The first-order chi connectivity index (χ1) is 9.01. The van der Waals surface area contributed by atoms with Crippen LogP contribution in [0.5, 0.6) is 0 Å². The van der Waals surface area contributed by atoms with Crippen molar-refractivity contribution >= 4 is 10.0 Å². The first-order valence-electron chi connectivity index (χ1n) is 6.33. The normalized spacial score (nSPS) is 13.4.